The number of aryl methyl sites for hydroxylation is 1. The fraction of sp³-hybridized carbons (Fsp3) is 0.208. The molecule has 1 N–H and O–H groups in total. The Hall–Kier alpha value is -3.52. The van der Waals surface area contributed by atoms with Crippen molar-refractivity contribution in [1.29, 1.82) is 0 Å². The molecule has 4 rings (SSSR count). The van der Waals surface area contributed by atoms with E-state index in [9.17, 15) is 4.79 Å². The van der Waals surface area contributed by atoms with Crippen molar-refractivity contribution in [2.24, 2.45) is 0 Å². The van der Waals surface area contributed by atoms with Crippen LogP contribution in [0.5, 0.6) is 5.75 Å². The van der Waals surface area contributed by atoms with Crippen molar-refractivity contribution < 1.29 is 13.9 Å². The predicted octanol–water partition coefficient (Wildman–Crippen LogP) is 5.20. The maximum Gasteiger partial charge on any atom is 0.234 e. The fourth-order valence-electron chi connectivity index (χ4n) is 3.43. The van der Waals surface area contributed by atoms with Gasteiger partial charge in [0.1, 0.15) is 11.5 Å². The van der Waals surface area contributed by atoms with Crippen molar-refractivity contribution in [3.05, 3.63) is 78.3 Å². The average Bonchev–Trinajstić information content (AvgIpc) is 3.43. The third-order valence-electron chi connectivity index (χ3n) is 5.12. The van der Waals surface area contributed by atoms with E-state index >= 15 is 0 Å². The number of nitrogens with one attached hydrogen (secondary N) is 1. The summed E-state index contributed by atoms with van der Waals surface area (Å²) in [5.74, 6) is 2.23. The van der Waals surface area contributed by atoms with E-state index in [1.807, 2.05) is 49.4 Å². The van der Waals surface area contributed by atoms with E-state index in [0.717, 1.165) is 16.9 Å². The molecule has 0 aliphatic heterocycles. The number of rotatable bonds is 8. The second-order valence-electron chi connectivity index (χ2n) is 7.22. The molecule has 2 aromatic heterocycles. The van der Waals surface area contributed by atoms with Gasteiger partial charge >= 0.3 is 0 Å². The first-order valence-corrected chi connectivity index (χ1v) is 11.2. The standard InChI is InChI=1S/C24H24N4O3S/c1-16(18-8-5-4-6-9-18)28-23(21-12-13-31-17(21)2)26-27-24(28)32-15-22(29)25-19-10-7-11-20(14-19)30-3/h4-14,16H,15H2,1-3H3,(H,25,29). The van der Waals surface area contributed by atoms with Crippen molar-refractivity contribution in [3.63, 3.8) is 0 Å². The van der Waals surface area contributed by atoms with Crippen LogP contribution in [0.2, 0.25) is 0 Å². The van der Waals surface area contributed by atoms with E-state index in [-0.39, 0.29) is 17.7 Å². The lowest BCUT2D eigenvalue weighted by Crippen LogP contribution is -2.15. The molecule has 0 spiro atoms. The van der Waals surface area contributed by atoms with Gasteiger partial charge in [0.05, 0.1) is 30.7 Å². The van der Waals surface area contributed by atoms with Crippen LogP contribution >= 0.6 is 11.8 Å². The number of ether oxygens (including phenoxy) is 1. The van der Waals surface area contributed by atoms with Gasteiger partial charge in [-0.3, -0.25) is 9.36 Å². The van der Waals surface area contributed by atoms with Gasteiger partial charge in [0, 0.05) is 11.8 Å². The number of nitrogens with zero attached hydrogens (tertiary/aromatic N) is 3. The van der Waals surface area contributed by atoms with Crippen LogP contribution in [-0.2, 0) is 4.79 Å². The number of thioether (sulfide) groups is 1. The van der Waals surface area contributed by atoms with Crippen LogP contribution < -0.4 is 10.1 Å². The number of hydrogen-bond acceptors (Lipinski definition) is 6. The molecule has 0 bridgehead atoms. The summed E-state index contributed by atoms with van der Waals surface area (Å²) in [6, 6.07) is 19.3. The average molecular weight is 449 g/mol. The van der Waals surface area contributed by atoms with Gasteiger partial charge in [-0.15, -0.1) is 10.2 Å². The molecule has 7 nitrogen and oxygen atoms in total. The van der Waals surface area contributed by atoms with E-state index < -0.39 is 0 Å². The number of anilines is 1. The van der Waals surface area contributed by atoms with Gasteiger partial charge in [-0.2, -0.15) is 0 Å². The van der Waals surface area contributed by atoms with Crippen molar-refractivity contribution >= 4 is 23.4 Å². The van der Waals surface area contributed by atoms with Gasteiger partial charge < -0.3 is 14.5 Å². The second-order valence-corrected chi connectivity index (χ2v) is 8.16. The van der Waals surface area contributed by atoms with Gasteiger partial charge in [0.15, 0.2) is 11.0 Å². The molecule has 0 aliphatic rings. The number of hydrogen-bond donors (Lipinski definition) is 1. The highest BCUT2D eigenvalue weighted by Crippen LogP contribution is 2.32. The lowest BCUT2D eigenvalue weighted by atomic mass is 10.1. The number of methoxy groups -OCH3 is 1. The van der Waals surface area contributed by atoms with Gasteiger partial charge in [-0.05, 0) is 37.6 Å². The maximum atomic E-state index is 12.6. The van der Waals surface area contributed by atoms with Gasteiger partial charge in [-0.1, -0.05) is 48.2 Å². The van der Waals surface area contributed by atoms with Crippen molar-refractivity contribution in [1.82, 2.24) is 14.8 Å². The summed E-state index contributed by atoms with van der Waals surface area (Å²) in [6.07, 6.45) is 1.64. The van der Waals surface area contributed by atoms with E-state index in [1.54, 1.807) is 19.4 Å². The highest BCUT2D eigenvalue weighted by Gasteiger charge is 2.23. The van der Waals surface area contributed by atoms with Crippen LogP contribution in [0.25, 0.3) is 11.4 Å². The van der Waals surface area contributed by atoms with Gasteiger partial charge in [0.2, 0.25) is 5.91 Å². The molecular weight excluding hydrogens is 424 g/mol. The first-order chi connectivity index (χ1) is 15.6. The largest absolute Gasteiger partial charge is 0.497 e. The molecule has 2 aromatic carbocycles. The van der Waals surface area contributed by atoms with Crippen LogP contribution in [0.15, 0.2) is 76.5 Å². The fourth-order valence-corrected chi connectivity index (χ4v) is 4.25. The summed E-state index contributed by atoms with van der Waals surface area (Å²) in [6.45, 7) is 3.99. The Bertz CT molecular complexity index is 1200. The normalized spacial score (nSPS) is 11.8. The Morgan fingerprint density at radius 2 is 1.97 bits per heavy atom. The molecule has 1 unspecified atom stereocenters. The number of furan rings is 1. The minimum atomic E-state index is -0.133. The molecule has 1 amide bonds. The van der Waals surface area contributed by atoms with Gasteiger partial charge in [0.25, 0.3) is 0 Å². The zero-order valence-electron chi connectivity index (χ0n) is 18.1. The Labute approximate surface area is 190 Å². The number of carbonyl (C=O) groups excluding carboxylic acids is 1. The summed E-state index contributed by atoms with van der Waals surface area (Å²) in [4.78, 5) is 12.6. The highest BCUT2D eigenvalue weighted by molar-refractivity contribution is 7.99. The Balaban J connectivity index is 1.57. The number of amides is 1. The Kier molecular flexibility index (Phi) is 6.61. The van der Waals surface area contributed by atoms with E-state index in [2.05, 4.69) is 39.1 Å². The molecule has 4 aromatic rings. The van der Waals surface area contributed by atoms with Crippen LogP contribution in [-0.4, -0.2) is 33.5 Å². The third kappa shape index (κ3) is 4.70. The number of benzene rings is 2. The quantitative estimate of drug-likeness (QED) is 0.373. The zero-order valence-corrected chi connectivity index (χ0v) is 18.9. The number of aromatic nitrogens is 3. The SMILES string of the molecule is COc1cccc(NC(=O)CSc2nnc(-c3ccoc3C)n2C(C)c2ccccc2)c1. The molecular formula is C24H24N4O3S. The predicted molar refractivity (Wildman–Crippen MR) is 125 cm³/mol. The lowest BCUT2D eigenvalue weighted by Gasteiger charge is -2.18. The minimum Gasteiger partial charge on any atom is -0.497 e. The van der Waals surface area contributed by atoms with Crippen molar-refractivity contribution in [2.45, 2.75) is 25.0 Å². The first kappa shape index (κ1) is 21.7. The Morgan fingerprint density at radius 1 is 1.16 bits per heavy atom. The third-order valence-corrected chi connectivity index (χ3v) is 6.06. The molecule has 0 saturated carbocycles. The molecule has 0 saturated heterocycles. The van der Waals surface area contributed by atoms with Crippen molar-refractivity contribution in [3.8, 4) is 17.1 Å². The minimum absolute atomic E-state index is 0.0283. The summed E-state index contributed by atoms with van der Waals surface area (Å²) in [5, 5.41) is 12.4. The summed E-state index contributed by atoms with van der Waals surface area (Å²) in [5.41, 5.74) is 2.69. The smallest absolute Gasteiger partial charge is 0.234 e. The Morgan fingerprint density at radius 3 is 2.69 bits per heavy atom. The molecule has 2 heterocycles. The molecule has 1 atom stereocenters. The molecule has 0 fully saturated rings. The first-order valence-electron chi connectivity index (χ1n) is 10.2. The second kappa shape index (κ2) is 9.74. The van der Waals surface area contributed by atoms with E-state index in [1.165, 1.54) is 11.8 Å². The van der Waals surface area contributed by atoms with Gasteiger partial charge in [-0.25, -0.2) is 0 Å². The topological polar surface area (TPSA) is 82.2 Å². The van der Waals surface area contributed by atoms with Crippen LogP contribution in [0.4, 0.5) is 5.69 Å². The van der Waals surface area contributed by atoms with E-state index in [4.69, 9.17) is 9.15 Å². The summed E-state index contributed by atoms with van der Waals surface area (Å²) >= 11 is 1.35. The molecule has 8 heteroatoms. The van der Waals surface area contributed by atoms with Crippen LogP contribution in [0.1, 0.15) is 24.3 Å². The van der Waals surface area contributed by atoms with Crippen molar-refractivity contribution in [2.75, 3.05) is 18.2 Å². The van der Waals surface area contributed by atoms with Crippen LogP contribution in [0, 0.1) is 6.92 Å². The zero-order chi connectivity index (χ0) is 22.5. The number of carbonyl (C=O) groups is 1. The van der Waals surface area contributed by atoms with Crippen LogP contribution in [0.3, 0.4) is 0 Å². The van der Waals surface area contributed by atoms with E-state index in [0.29, 0.717) is 22.4 Å². The maximum absolute atomic E-state index is 12.6. The molecule has 164 valence electrons. The molecule has 0 radical (unpaired) electrons. The lowest BCUT2D eigenvalue weighted by molar-refractivity contribution is -0.113. The summed E-state index contributed by atoms with van der Waals surface area (Å²) in [7, 11) is 1.59. The highest BCUT2D eigenvalue weighted by atomic mass is 32.2. The molecule has 32 heavy (non-hydrogen) atoms. The summed E-state index contributed by atoms with van der Waals surface area (Å²) < 4.78 is 12.8. The molecule has 0 aliphatic carbocycles. The monoisotopic (exact) mass is 448 g/mol.